The molecular formula is C27H26N2O7S. The van der Waals surface area contributed by atoms with Gasteiger partial charge >= 0.3 is 0 Å². The summed E-state index contributed by atoms with van der Waals surface area (Å²) in [5.74, 6) is 2.11. The predicted octanol–water partition coefficient (Wildman–Crippen LogP) is 4.60. The van der Waals surface area contributed by atoms with Crippen LogP contribution in [0.1, 0.15) is 5.56 Å². The van der Waals surface area contributed by atoms with Crippen LogP contribution in [0.25, 0.3) is 11.5 Å². The molecule has 5 rings (SSSR count). The third-order valence-electron chi connectivity index (χ3n) is 5.90. The number of oxazole rings is 1. The van der Waals surface area contributed by atoms with Crippen LogP contribution in [0.3, 0.4) is 0 Å². The van der Waals surface area contributed by atoms with E-state index in [4.69, 9.17) is 23.4 Å². The van der Waals surface area contributed by atoms with Gasteiger partial charge in [-0.05, 0) is 35.9 Å². The van der Waals surface area contributed by atoms with Crippen LogP contribution in [0, 0.1) is 0 Å². The number of sulfone groups is 1. The summed E-state index contributed by atoms with van der Waals surface area (Å²) in [7, 11) is 0.725. The molecule has 0 bridgehead atoms. The van der Waals surface area contributed by atoms with Crippen LogP contribution in [-0.2, 0) is 16.4 Å². The van der Waals surface area contributed by atoms with Gasteiger partial charge < -0.3 is 28.3 Å². The third kappa shape index (κ3) is 4.79. The Morgan fingerprint density at radius 3 is 2.35 bits per heavy atom. The lowest BCUT2D eigenvalue weighted by atomic mass is 10.2. The van der Waals surface area contributed by atoms with Crippen LogP contribution < -0.4 is 23.8 Å². The average Bonchev–Trinajstić information content (AvgIpc) is 3.40. The number of hydrogen-bond acceptors (Lipinski definition) is 9. The summed E-state index contributed by atoms with van der Waals surface area (Å²) in [5.41, 5.74) is 1.52. The Balaban J connectivity index is 1.61. The minimum Gasteiger partial charge on any atom is -0.493 e. The molecule has 10 heteroatoms. The van der Waals surface area contributed by atoms with Crippen LogP contribution in [-0.4, -0.2) is 47.9 Å². The second-order valence-electron chi connectivity index (χ2n) is 8.35. The van der Waals surface area contributed by atoms with Gasteiger partial charge in [0, 0.05) is 25.2 Å². The van der Waals surface area contributed by atoms with Gasteiger partial charge in [0.1, 0.15) is 13.2 Å². The van der Waals surface area contributed by atoms with Crippen molar-refractivity contribution in [2.45, 2.75) is 16.5 Å². The monoisotopic (exact) mass is 522 g/mol. The first-order chi connectivity index (χ1) is 17.9. The van der Waals surface area contributed by atoms with Crippen molar-refractivity contribution in [3.8, 4) is 34.5 Å². The summed E-state index contributed by atoms with van der Waals surface area (Å²) >= 11 is 0. The Morgan fingerprint density at radius 2 is 1.62 bits per heavy atom. The summed E-state index contributed by atoms with van der Waals surface area (Å²) in [6.45, 7) is 1.16. The lowest BCUT2D eigenvalue weighted by Crippen LogP contribution is -2.19. The van der Waals surface area contributed by atoms with Crippen molar-refractivity contribution in [1.29, 1.82) is 0 Å². The third-order valence-corrected chi connectivity index (χ3v) is 7.55. The summed E-state index contributed by atoms with van der Waals surface area (Å²) < 4.78 is 55.7. The van der Waals surface area contributed by atoms with E-state index < -0.39 is 9.84 Å². The first-order valence-corrected chi connectivity index (χ1v) is 13.0. The molecule has 1 aliphatic heterocycles. The summed E-state index contributed by atoms with van der Waals surface area (Å²) in [5, 5.41) is -0.201. The molecule has 3 aromatic carbocycles. The van der Waals surface area contributed by atoms with E-state index in [0.29, 0.717) is 48.3 Å². The van der Waals surface area contributed by atoms with Crippen molar-refractivity contribution in [2.75, 3.05) is 39.4 Å². The molecule has 0 atom stereocenters. The van der Waals surface area contributed by atoms with E-state index in [1.807, 2.05) is 30.3 Å². The van der Waals surface area contributed by atoms with Crippen LogP contribution in [0.15, 0.2) is 81.1 Å². The molecule has 0 amide bonds. The molecule has 0 unspecified atom stereocenters. The first-order valence-electron chi connectivity index (χ1n) is 11.5. The van der Waals surface area contributed by atoms with Gasteiger partial charge in [0.25, 0.3) is 0 Å². The van der Waals surface area contributed by atoms with Crippen LogP contribution >= 0.6 is 0 Å². The van der Waals surface area contributed by atoms with Gasteiger partial charge in [-0.2, -0.15) is 4.98 Å². The van der Waals surface area contributed by atoms with Gasteiger partial charge in [-0.25, -0.2) is 8.42 Å². The Labute approximate surface area is 215 Å². The smallest absolute Gasteiger partial charge is 0.236 e. The van der Waals surface area contributed by atoms with Gasteiger partial charge in [-0.15, -0.1) is 0 Å². The molecule has 0 fully saturated rings. The minimum atomic E-state index is -4.09. The number of fused-ring (bicyclic) bond motifs is 1. The fourth-order valence-electron chi connectivity index (χ4n) is 4.04. The van der Waals surface area contributed by atoms with Crippen molar-refractivity contribution < 1.29 is 31.8 Å². The number of ether oxygens (including phenoxy) is 4. The molecule has 0 N–H and O–H groups in total. The van der Waals surface area contributed by atoms with Crippen molar-refractivity contribution in [1.82, 2.24) is 4.98 Å². The zero-order chi connectivity index (χ0) is 26.0. The molecule has 37 heavy (non-hydrogen) atoms. The van der Waals surface area contributed by atoms with Crippen molar-refractivity contribution in [2.24, 2.45) is 0 Å². The highest BCUT2D eigenvalue weighted by Gasteiger charge is 2.32. The second-order valence-corrected chi connectivity index (χ2v) is 10.2. The SMILES string of the molecule is COc1ccc(-c2nc(S(=O)(=O)c3ccc4c(c3)OCCO4)c(N(C)Cc3ccccc3)o2)cc1OC. The minimum absolute atomic E-state index is 0.0262. The van der Waals surface area contributed by atoms with Gasteiger partial charge in [-0.3, -0.25) is 0 Å². The quantitative estimate of drug-likeness (QED) is 0.329. The maximum Gasteiger partial charge on any atom is 0.236 e. The zero-order valence-corrected chi connectivity index (χ0v) is 21.4. The predicted molar refractivity (Wildman–Crippen MR) is 136 cm³/mol. The Bertz CT molecular complexity index is 1520. The molecule has 0 spiro atoms. The Hall–Kier alpha value is -4.18. The van der Waals surface area contributed by atoms with Crippen molar-refractivity contribution in [3.63, 3.8) is 0 Å². The van der Waals surface area contributed by atoms with Gasteiger partial charge in [0.05, 0.1) is 19.1 Å². The Kier molecular flexibility index (Phi) is 6.66. The van der Waals surface area contributed by atoms with Crippen molar-refractivity contribution in [3.05, 3.63) is 72.3 Å². The van der Waals surface area contributed by atoms with E-state index in [1.165, 1.54) is 26.4 Å². The number of nitrogens with zero attached hydrogens (tertiary/aromatic N) is 2. The highest BCUT2D eigenvalue weighted by Crippen LogP contribution is 2.39. The summed E-state index contributed by atoms with van der Waals surface area (Å²) in [4.78, 5) is 6.22. The number of anilines is 1. The van der Waals surface area contributed by atoms with E-state index in [1.54, 1.807) is 36.2 Å². The number of methoxy groups -OCH3 is 2. The fourth-order valence-corrected chi connectivity index (χ4v) is 5.40. The van der Waals surface area contributed by atoms with E-state index in [-0.39, 0.29) is 21.7 Å². The number of hydrogen-bond donors (Lipinski definition) is 0. The van der Waals surface area contributed by atoms with E-state index in [2.05, 4.69) is 4.98 Å². The largest absolute Gasteiger partial charge is 0.493 e. The molecule has 1 aliphatic rings. The second kappa shape index (κ2) is 10.1. The normalized spacial score (nSPS) is 12.7. The van der Waals surface area contributed by atoms with Crippen molar-refractivity contribution >= 4 is 15.7 Å². The molecule has 4 aromatic rings. The molecule has 2 heterocycles. The average molecular weight is 523 g/mol. The molecular weight excluding hydrogens is 496 g/mol. The van der Waals surface area contributed by atoms with Gasteiger partial charge in [0.2, 0.25) is 26.6 Å². The molecule has 0 aliphatic carbocycles. The molecule has 1 aromatic heterocycles. The first kappa shape index (κ1) is 24.5. The number of aromatic nitrogens is 1. The highest BCUT2D eigenvalue weighted by molar-refractivity contribution is 7.91. The summed E-state index contributed by atoms with van der Waals surface area (Å²) in [6, 6.07) is 19.3. The topological polar surface area (TPSA) is 100 Å². The number of rotatable bonds is 8. The molecule has 0 saturated heterocycles. The number of benzene rings is 3. The summed E-state index contributed by atoms with van der Waals surface area (Å²) in [6.07, 6.45) is 0. The maximum absolute atomic E-state index is 13.9. The molecule has 0 radical (unpaired) electrons. The van der Waals surface area contributed by atoms with Crippen LogP contribution in [0.2, 0.25) is 0 Å². The van der Waals surface area contributed by atoms with Gasteiger partial charge in [0.15, 0.2) is 23.0 Å². The molecule has 192 valence electrons. The molecule has 0 saturated carbocycles. The van der Waals surface area contributed by atoms with E-state index in [9.17, 15) is 8.42 Å². The van der Waals surface area contributed by atoms with E-state index >= 15 is 0 Å². The van der Waals surface area contributed by atoms with Gasteiger partial charge in [-0.1, -0.05) is 30.3 Å². The van der Waals surface area contributed by atoms with Crippen LogP contribution in [0.5, 0.6) is 23.0 Å². The van der Waals surface area contributed by atoms with Crippen LogP contribution in [0.4, 0.5) is 5.88 Å². The lowest BCUT2D eigenvalue weighted by Gasteiger charge is -2.19. The standard InChI is InChI=1S/C27H26N2O7S/c1-29(17-18-7-5-4-6-8-18)27-26(28-25(36-27)19-9-11-21(32-2)23(15-19)33-3)37(30,31)20-10-12-22-24(16-20)35-14-13-34-22/h4-12,15-16H,13-14,17H2,1-3H3. The maximum atomic E-state index is 13.9. The Morgan fingerprint density at radius 1 is 0.892 bits per heavy atom. The fraction of sp³-hybridized carbons (Fsp3) is 0.222. The highest BCUT2D eigenvalue weighted by atomic mass is 32.2. The van der Waals surface area contributed by atoms with E-state index in [0.717, 1.165) is 5.56 Å². The molecule has 9 nitrogen and oxygen atoms in total. The zero-order valence-electron chi connectivity index (χ0n) is 20.6. The lowest BCUT2D eigenvalue weighted by molar-refractivity contribution is 0.171.